The van der Waals surface area contributed by atoms with Crippen LogP contribution in [0, 0.1) is 5.41 Å². The molecule has 0 radical (unpaired) electrons. The maximum Gasteiger partial charge on any atom is 0.266 e. The fraction of sp³-hybridized carbons (Fsp3) is 0.333. The smallest absolute Gasteiger partial charge is 0.266 e. The molecule has 1 fully saturated rings. The standard InChI is InChI=1S/C27H30N6O3S/c1-27(2,3)12-22(34)33(4)17-7-8-18-19(11-17)31-24(23(18)26(36)30-16-5-6-16)32-25(35)21-10-9-20(37-21)15-13-28-29-14-15/h7-11,13-14,16,31H,5-6,12H2,1-4H3,(H,28,29)(H,30,36)(H,32,35). The molecule has 1 saturated carbocycles. The number of benzene rings is 1. The molecule has 37 heavy (non-hydrogen) atoms. The monoisotopic (exact) mass is 518 g/mol. The molecule has 10 heteroatoms. The van der Waals surface area contributed by atoms with Crippen LogP contribution in [0.1, 0.15) is 60.1 Å². The predicted octanol–water partition coefficient (Wildman–Crippen LogP) is 5.16. The molecule has 0 unspecified atom stereocenters. The van der Waals surface area contributed by atoms with E-state index >= 15 is 0 Å². The molecule has 4 aromatic rings. The van der Waals surface area contributed by atoms with Gasteiger partial charge in [0.2, 0.25) is 5.91 Å². The summed E-state index contributed by atoms with van der Waals surface area (Å²) in [5.41, 5.74) is 2.52. The molecule has 0 saturated heterocycles. The fourth-order valence-electron chi connectivity index (χ4n) is 4.10. The summed E-state index contributed by atoms with van der Waals surface area (Å²) in [7, 11) is 1.75. The number of aromatic nitrogens is 3. The van der Waals surface area contributed by atoms with E-state index < -0.39 is 0 Å². The number of nitrogens with zero attached hydrogens (tertiary/aromatic N) is 2. The minimum absolute atomic E-state index is 0.00440. The molecule has 1 aliphatic rings. The Hall–Kier alpha value is -3.92. The highest BCUT2D eigenvalue weighted by molar-refractivity contribution is 7.17. The number of nitrogens with one attached hydrogen (secondary N) is 4. The zero-order valence-corrected chi connectivity index (χ0v) is 22.1. The van der Waals surface area contributed by atoms with Gasteiger partial charge in [0.15, 0.2) is 0 Å². The van der Waals surface area contributed by atoms with Crippen LogP contribution in [0.5, 0.6) is 0 Å². The second-order valence-corrected chi connectivity index (χ2v) is 11.7. The molecule has 0 aliphatic heterocycles. The van der Waals surface area contributed by atoms with Gasteiger partial charge in [-0.1, -0.05) is 20.8 Å². The molecule has 5 rings (SSSR count). The number of thiophene rings is 1. The molecule has 192 valence electrons. The lowest BCUT2D eigenvalue weighted by Gasteiger charge is -2.23. The molecule has 3 heterocycles. The summed E-state index contributed by atoms with van der Waals surface area (Å²) in [4.78, 5) is 45.4. The number of amides is 3. The third-order valence-corrected chi connectivity index (χ3v) is 7.35. The van der Waals surface area contributed by atoms with Gasteiger partial charge < -0.3 is 20.5 Å². The van der Waals surface area contributed by atoms with Crippen LogP contribution < -0.4 is 15.5 Å². The van der Waals surface area contributed by atoms with Crippen molar-refractivity contribution in [2.75, 3.05) is 17.3 Å². The number of H-pyrrole nitrogens is 2. The van der Waals surface area contributed by atoms with Gasteiger partial charge in [-0.15, -0.1) is 11.3 Å². The number of aromatic amines is 2. The Balaban J connectivity index is 1.45. The van der Waals surface area contributed by atoms with E-state index in [2.05, 4.69) is 25.8 Å². The van der Waals surface area contributed by atoms with E-state index in [1.807, 2.05) is 45.0 Å². The highest BCUT2D eigenvalue weighted by atomic mass is 32.1. The minimum atomic E-state index is -0.315. The van der Waals surface area contributed by atoms with Crippen molar-refractivity contribution in [3.05, 3.63) is 53.2 Å². The van der Waals surface area contributed by atoms with Crippen molar-refractivity contribution in [3.63, 3.8) is 0 Å². The van der Waals surface area contributed by atoms with Gasteiger partial charge in [-0.05, 0) is 48.6 Å². The number of hydrogen-bond acceptors (Lipinski definition) is 5. The van der Waals surface area contributed by atoms with Gasteiger partial charge >= 0.3 is 0 Å². The van der Waals surface area contributed by atoms with Crippen molar-refractivity contribution < 1.29 is 14.4 Å². The fourth-order valence-corrected chi connectivity index (χ4v) is 4.98. The van der Waals surface area contributed by atoms with Crippen LogP contribution in [-0.2, 0) is 4.79 Å². The number of carbonyl (C=O) groups excluding carboxylic acids is 3. The van der Waals surface area contributed by atoms with Gasteiger partial charge in [0, 0.05) is 52.7 Å². The lowest BCUT2D eigenvalue weighted by atomic mass is 9.91. The average molecular weight is 519 g/mol. The van der Waals surface area contributed by atoms with Crippen molar-refractivity contribution in [2.45, 2.75) is 46.1 Å². The molecule has 0 spiro atoms. The first-order valence-corrected chi connectivity index (χ1v) is 13.0. The lowest BCUT2D eigenvalue weighted by molar-refractivity contribution is -0.120. The third kappa shape index (κ3) is 5.43. The van der Waals surface area contributed by atoms with Crippen LogP contribution in [-0.4, -0.2) is 46.0 Å². The van der Waals surface area contributed by atoms with Gasteiger partial charge in [0.25, 0.3) is 11.8 Å². The van der Waals surface area contributed by atoms with Crippen molar-refractivity contribution in [1.29, 1.82) is 0 Å². The maximum absolute atomic E-state index is 13.2. The van der Waals surface area contributed by atoms with Crippen molar-refractivity contribution in [3.8, 4) is 10.4 Å². The molecule has 4 N–H and O–H groups in total. The van der Waals surface area contributed by atoms with E-state index in [4.69, 9.17) is 0 Å². The Labute approximate surface area is 218 Å². The van der Waals surface area contributed by atoms with Crippen LogP contribution in [0.25, 0.3) is 21.3 Å². The molecule has 1 aliphatic carbocycles. The third-order valence-electron chi connectivity index (χ3n) is 6.22. The Kier molecular flexibility index (Phi) is 6.36. The van der Waals surface area contributed by atoms with Gasteiger partial charge in [-0.25, -0.2) is 0 Å². The number of rotatable bonds is 7. The van der Waals surface area contributed by atoms with E-state index in [0.717, 1.165) is 23.3 Å². The van der Waals surface area contributed by atoms with Crippen molar-refractivity contribution in [2.24, 2.45) is 5.41 Å². The molecular formula is C27H30N6O3S. The average Bonchev–Trinajstić information content (AvgIpc) is 3.22. The van der Waals surface area contributed by atoms with Crippen LogP contribution in [0.4, 0.5) is 11.5 Å². The molecule has 0 bridgehead atoms. The highest BCUT2D eigenvalue weighted by Gasteiger charge is 2.28. The summed E-state index contributed by atoms with van der Waals surface area (Å²) in [5, 5.41) is 13.3. The lowest BCUT2D eigenvalue weighted by Crippen LogP contribution is -2.29. The first-order chi connectivity index (χ1) is 17.6. The predicted molar refractivity (Wildman–Crippen MR) is 146 cm³/mol. The summed E-state index contributed by atoms with van der Waals surface area (Å²) < 4.78 is 0. The van der Waals surface area contributed by atoms with E-state index in [-0.39, 0.29) is 29.2 Å². The van der Waals surface area contributed by atoms with E-state index in [1.54, 1.807) is 30.4 Å². The first-order valence-electron chi connectivity index (χ1n) is 12.2. The Morgan fingerprint density at radius 2 is 1.92 bits per heavy atom. The van der Waals surface area contributed by atoms with Crippen LogP contribution in [0.15, 0.2) is 42.7 Å². The molecule has 3 aromatic heterocycles. The SMILES string of the molecule is CN(C(=O)CC(C)(C)C)c1ccc2c(C(=O)NC3CC3)c(NC(=O)c3ccc(-c4cn[nH]c4)s3)[nH]c2c1. The second-order valence-electron chi connectivity index (χ2n) is 10.6. The zero-order valence-electron chi connectivity index (χ0n) is 21.3. The summed E-state index contributed by atoms with van der Waals surface area (Å²) in [6.07, 6.45) is 5.78. The van der Waals surface area contributed by atoms with Gasteiger partial charge in [-0.2, -0.15) is 5.10 Å². The number of anilines is 2. The topological polar surface area (TPSA) is 123 Å². The van der Waals surface area contributed by atoms with Crippen LogP contribution in [0.3, 0.4) is 0 Å². The van der Waals surface area contributed by atoms with Gasteiger partial charge in [0.05, 0.1) is 16.6 Å². The van der Waals surface area contributed by atoms with Crippen molar-refractivity contribution in [1.82, 2.24) is 20.5 Å². The molecule has 0 atom stereocenters. The molecule has 3 amide bonds. The number of carbonyl (C=O) groups is 3. The van der Waals surface area contributed by atoms with Crippen LogP contribution >= 0.6 is 11.3 Å². The maximum atomic E-state index is 13.2. The zero-order chi connectivity index (χ0) is 26.3. The normalized spacial score (nSPS) is 13.5. The Morgan fingerprint density at radius 1 is 1.14 bits per heavy atom. The molecule has 1 aromatic carbocycles. The summed E-state index contributed by atoms with van der Waals surface area (Å²) >= 11 is 1.34. The second kappa shape index (κ2) is 9.51. The van der Waals surface area contributed by atoms with E-state index in [9.17, 15) is 14.4 Å². The summed E-state index contributed by atoms with van der Waals surface area (Å²) in [5.74, 6) is -0.217. The first kappa shape index (κ1) is 24.8. The van der Waals surface area contributed by atoms with Gasteiger partial charge in [0.1, 0.15) is 5.82 Å². The number of hydrogen-bond donors (Lipinski definition) is 4. The van der Waals surface area contributed by atoms with E-state index in [1.165, 1.54) is 11.3 Å². The van der Waals surface area contributed by atoms with Crippen molar-refractivity contribution >= 4 is 51.5 Å². The molecular weight excluding hydrogens is 488 g/mol. The highest BCUT2D eigenvalue weighted by Crippen LogP contribution is 2.33. The Bertz CT molecular complexity index is 1470. The summed E-state index contributed by atoms with van der Waals surface area (Å²) in [6.45, 7) is 6.08. The minimum Gasteiger partial charge on any atom is -0.349 e. The molecule has 9 nitrogen and oxygen atoms in total. The largest absolute Gasteiger partial charge is 0.349 e. The quantitative estimate of drug-likeness (QED) is 0.270. The Morgan fingerprint density at radius 3 is 2.59 bits per heavy atom. The van der Waals surface area contributed by atoms with Crippen LogP contribution in [0.2, 0.25) is 0 Å². The van der Waals surface area contributed by atoms with Gasteiger partial charge in [-0.3, -0.25) is 19.5 Å². The summed E-state index contributed by atoms with van der Waals surface area (Å²) in [6, 6.07) is 9.27. The van der Waals surface area contributed by atoms with E-state index in [0.29, 0.717) is 39.3 Å². The number of fused-ring (bicyclic) bond motifs is 1.